The molecule has 0 spiro atoms. The molecule has 5 nitrogen and oxygen atoms in total. The van der Waals surface area contributed by atoms with Gasteiger partial charge in [-0.3, -0.25) is 15.0 Å². The third kappa shape index (κ3) is 6.29. The largest absolute Gasteiger partial charge is 0.494 e. The highest BCUT2D eigenvalue weighted by molar-refractivity contribution is 7.15. The standard InChI is InChI=1S/C24H27N3O2S.ClH/c1-2-3-15-29-20-11-9-19(10-12-20)23(28)26-24-25-21-13-14-27(17-22(21)30-24)16-18-7-5-4-6-8-18;/h4-12H,2-3,13-17H2,1H3,(H,25,26,28);1H. The molecule has 0 aliphatic carbocycles. The minimum Gasteiger partial charge on any atom is -0.494 e. The van der Waals surface area contributed by atoms with Crippen LogP contribution in [0.4, 0.5) is 5.13 Å². The maximum absolute atomic E-state index is 12.6. The van der Waals surface area contributed by atoms with Gasteiger partial charge in [0.1, 0.15) is 5.75 Å². The van der Waals surface area contributed by atoms with Crippen molar-refractivity contribution in [2.24, 2.45) is 0 Å². The van der Waals surface area contributed by atoms with Crippen LogP contribution in [-0.4, -0.2) is 28.9 Å². The third-order valence-electron chi connectivity index (χ3n) is 5.16. The van der Waals surface area contributed by atoms with Gasteiger partial charge in [-0.2, -0.15) is 0 Å². The number of fused-ring (bicyclic) bond motifs is 1. The minimum absolute atomic E-state index is 0. The molecule has 4 rings (SSSR count). The third-order valence-corrected chi connectivity index (χ3v) is 6.16. The summed E-state index contributed by atoms with van der Waals surface area (Å²) < 4.78 is 5.66. The minimum atomic E-state index is -0.137. The first kappa shape index (κ1) is 23.3. The number of nitrogens with one attached hydrogen (secondary N) is 1. The number of hydrogen-bond acceptors (Lipinski definition) is 5. The molecule has 164 valence electrons. The Labute approximate surface area is 193 Å². The first-order valence-corrected chi connectivity index (χ1v) is 11.3. The van der Waals surface area contributed by atoms with Gasteiger partial charge < -0.3 is 4.74 Å². The van der Waals surface area contributed by atoms with Crippen molar-refractivity contribution in [3.63, 3.8) is 0 Å². The summed E-state index contributed by atoms with van der Waals surface area (Å²) in [7, 11) is 0. The fourth-order valence-corrected chi connectivity index (χ4v) is 4.53. The molecule has 1 aliphatic rings. The number of aromatic nitrogens is 1. The Morgan fingerprint density at radius 1 is 1.16 bits per heavy atom. The lowest BCUT2D eigenvalue weighted by molar-refractivity contribution is 0.102. The van der Waals surface area contributed by atoms with E-state index in [0.29, 0.717) is 17.3 Å². The van der Waals surface area contributed by atoms with E-state index in [1.807, 2.05) is 18.2 Å². The van der Waals surface area contributed by atoms with Gasteiger partial charge >= 0.3 is 0 Å². The van der Waals surface area contributed by atoms with Crippen molar-refractivity contribution < 1.29 is 9.53 Å². The number of halogens is 1. The normalized spacial score (nSPS) is 13.2. The molecule has 2 aromatic carbocycles. The first-order valence-electron chi connectivity index (χ1n) is 10.5. The van der Waals surface area contributed by atoms with Crippen molar-refractivity contribution in [3.05, 3.63) is 76.3 Å². The average Bonchev–Trinajstić information content (AvgIpc) is 3.16. The molecule has 31 heavy (non-hydrogen) atoms. The summed E-state index contributed by atoms with van der Waals surface area (Å²) in [5, 5.41) is 3.64. The number of carbonyl (C=O) groups excluding carboxylic acids is 1. The fourth-order valence-electron chi connectivity index (χ4n) is 3.48. The van der Waals surface area contributed by atoms with Crippen molar-refractivity contribution in [2.45, 2.75) is 39.3 Å². The molecule has 7 heteroatoms. The molecule has 1 aliphatic heterocycles. The van der Waals surface area contributed by atoms with Gasteiger partial charge in [0.15, 0.2) is 5.13 Å². The number of amides is 1. The molecule has 0 fully saturated rings. The predicted molar refractivity (Wildman–Crippen MR) is 128 cm³/mol. The number of thiazole rings is 1. The van der Waals surface area contributed by atoms with E-state index in [2.05, 4.69) is 46.4 Å². The molecule has 1 amide bonds. The molecule has 1 N–H and O–H groups in total. The quantitative estimate of drug-likeness (QED) is 0.450. The molecule has 3 aromatic rings. The van der Waals surface area contributed by atoms with Crippen molar-refractivity contribution in [3.8, 4) is 5.75 Å². The summed E-state index contributed by atoms with van der Waals surface area (Å²) in [6.07, 6.45) is 3.04. The van der Waals surface area contributed by atoms with E-state index in [1.165, 1.54) is 10.4 Å². The van der Waals surface area contributed by atoms with E-state index in [4.69, 9.17) is 4.74 Å². The zero-order valence-electron chi connectivity index (χ0n) is 17.7. The van der Waals surface area contributed by atoms with Gasteiger partial charge in [-0.15, -0.1) is 23.7 Å². The Bertz CT molecular complexity index is 976. The number of rotatable bonds is 8. The first-order chi connectivity index (χ1) is 14.7. The van der Waals surface area contributed by atoms with Gasteiger partial charge in [0.25, 0.3) is 5.91 Å². The van der Waals surface area contributed by atoms with Gasteiger partial charge in [-0.05, 0) is 36.2 Å². The van der Waals surface area contributed by atoms with Crippen molar-refractivity contribution in [1.29, 1.82) is 0 Å². The molecule has 0 radical (unpaired) electrons. The monoisotopic (exact) mass is 457 g/mol. The van der Waals surface area contributed by atoms with Crippen LogP contribution in [-0.2, 0) is 19.5 Å². The lowest BCUT2D eigenvalue weighted by Gasteiger charge is -2.25. The lowest BCUT2D eigenvalue weighted by Crippen LogP contribution is -2.29. The van der Waals surface area contributed by atoms with Gasteiger partial charge in [0.05, 0.1) is 12.3 Å². The number of hydrogen-bond donors (Lipinski definition) is 1. The predicted octanol–water partition coefficient (Wildman–Crippen LogP) is 5.55. The Kier molecular flexibility index (Phi) is 8.46. The number of unbranched alkanes of at least 4 members (excludes halogenated alkanes) is 1. The second kappa shape index (κ2) is 11.3. The van der Waals surface area contributed by atoms with E-state index in [9.17, 15) is 4.79 Å². The second-order valence-corrected chi connectivity index (χ2v) is 8.60. The van der Waals surface area contributed by atoms with Crippen molar-refractivity contribution in [1.82, 2.24) is 9.88 Å². The highest BCUT2D eigenvalue weighted by Gasteiger charge is 2.21. The Hall–Kier alpha value is -2.41. The van der Waals surface area contributed by atoms with Crippen LogP contribution in [0.3, 0.4) is 0 Å². The summed E-state index contributed by atoms with van der Waals surface area (Å²) in [4.78, 5) is 20.9. The topological polar surface area (TPSA) is 54.5 Å². The fraction of sp³-hybridized carbons (Fsp3) is 0.333. The average molecular weight is 458 g/mol. The van der Waals surface area contributed by atoms with Gasteiger partial charge in [-0.1, -0.05) is 43.7 Å². The second-order valence-electron chi connectivity index (χ2n) is 7.52. The number of benzene rings is 2. The van der Waals surface area contributed by atoms with Gasteiger partial charge in [0.2, 0.25) is 0 Å². The van der Waals surface area contributed by atoms with Crippen LogP contribution in [0.5, 0.6) is 5.75 Å². The van der Waals surface area contributed by atoms with Crippen LogP contribution in [0.15, 0.2) is 54.6 Å². The summed E-state index contributed by atoms with van der Waals surface area (Å²) >= 11 is 1.58. The summed E-state index contributed by atoms with van der Waals surface area (Å²) in [6.45, 7) is 5.63. The van der Waals surface area contributed by atoms with E-state index >= 15 is 0 Å². The highest BCUT2D eigenvalue weighted by atomic mass is 35.5. The summed E-state index contributed by atoms with van der Waals surface area (Å²) in [5.41, 5.74) is 3.04. The lowest BCUT2D eigenvalue weighted by atomic mass is 10.1. The van der Waals surface area contributed by atoms with Crippen LogP contribution in [0.1, 0.15) is 46.3 Å². The Morgan fingerprint density at radius 2 is 1.94 bits per heavy atom. The molecule has 0 unspecified atom stereocenters. The molecule has 2 heterocycles. The molecular formula is C24H28ClN3O2S. The number of carbonyl (C=O) groups is 1. The Balaban J connectivity index is 0.00000272. The van der Waals surface area contributed by atoms with E-state index in [1.54, 1.807) is 23.5 Å². The maximum atomic E-state index is 12.6. The van der Waals surface area contributed by atoms with Gasteiger partial charge in [-0.25, -0.2) is 4.98 Å². The SMILES string of the molecule is CCCCOc1ccc(C(=O)Nc2nc3c(s2)CN(Cc2ccccc2)CC3)cc1.Cl. The van der Waals surface area contributed by atoms with Crippen LogP contribution in [0.25, 0.3) is 0 Å². The van der Waals surface area contributed by atoms with Crippen LogP contribution in [0, 0.1) is 0 Å². The van der Waals surface area contributed by atoms with Crippen LogP contribution < -0.4 is 10.1 Å². The van der Waals surface area contributed by atoms with E-state index in [-0.39, 0.29) is 18.3 Å². The number of ether oxygens (including phenoxy) is 1. The van der Waals surface area contributed by atoms with Crippen LogP contribution >= 0.6 is 23.7 Å². The van der Waals surface area contributed by atoms with E-state index < -0.39 is 0 Å². The molecule has 0 saturated carbocycles. The molecule has 1 aromatic heterocycles. The smallest absolute Gasteiger partial charge is 0.257 e. The maximum Gasteiger partial charge on any atom is 0.257 e. The van der Waals surface area contributed by atoms with Crippen LogP contribution in [0.2, 0.25) is 0 Å². The molecular weight excluding hydrogens is 430 g/mol. The zero-order valence-corrected chi connectivity index (χ0v) is 19.3. The van der Waals surface area contributed by atoms with E-state index in [0.717, 1.165) is 50.3 Å². The summed E-state index contributed by atoms with van der Waals surface area (Å²) in [5.74, 6) is 0.658. The summed E-state index contributed by atoms with van der Waals surface area (Å²) in [6, 6.07) is 17.8. The highest BCUT2D eigenvalue weighted by Crippen LogP contribution is 2.29. The molecule has 0 atom stereocenters. The van der Waals surface area contributed by atoms with Crippen molar-refractivity contribution in [2.75, 3.05) is 18.5 Å². The van der Waals surface area contributed by atoms with Gasteiger partial charge in [0, 0.05) is 36.5 Å². The molecule has 0 saturated heterocycles. The Morgan fingerprint density at radius 3 is 2.68 bits per heavy atom. The van der Waals surface area contributed by atoms with Crippen molar-refractivity contribution >= 4 is 34.8 Å². The molecule has 0 bridgehead atoms. The number of nitrogens with zero attached hydrogens (tertiary/aromatic N) is 2. The zero-order chi connectivity index (χ0) is 20.8. The number of anilines is 1.